The third-order valence-electron chi connectivity index (χ3n) is 3.97. The van der Waals surface area contributed by atoms with E-state index in [1.54, 1.807) is 0 Å². The second kappa shape index (κ2) is 6.22. The molecule has 0 spiro atoms. The number of carbonyl (C=O) groups is 1. The van der Waals surface area contributed by atoms with E-state index in [1.807, 2.05) is 0 Å². The first-order chi connectivity index (χ1) is 9.08. The summed E-state index contributed by atoms with van der Waals surface area (Å²) in [6.45, 7) is 3.69. The Bertz CT molecular complexity index is 446. The molecule has 0 aliphatic carbocycles. The molecular weight excluding hydrogens is 353 g/mol. The Kier molecular flexibility index (Phi) is 4.84. The molecule has 1 saturated heterocycles. The predicted molar refractivity (Wildman–Crippen MR) is 84.1 cm³/mol. The molecule has 1 aromatic rings. The number of likely N-dealkylation sites (tertiary alicyclic amines) is 1. The summed E-state index contributed by atoms with van der Waals surface area (Å²) in [6, 6.07) is 8.35. The number of aliphatic carboxylic acids is 1. The van der Waals surface area contributed by atoms with Crippen molar-refractivity contribution in [2.75, 3.05) is 6.54 Å². The molecule has 0 bridgehead atoms. The molecule has 1 aliphatic rings. The van der Waals surface area contributed by atoms with E-state index in [-0.39, 0.29) is 0 Å². The van der Waals surface area contributed by atoms with Gasteiger partial charge in [-0.05, 0) is 66.1 Å². The minimum atomic E-state index is -0.655. The van der Waals surface area contributed by atoms with Crippen LogP contribution in [0.2, 0.25) is 0 Å². The van der Waals surface area contributed by atoms with Gasteiger partial charge in [0.2, 0.25) is 0 Å². The maximum absolute atomic E-state index is 11.7. The zero-order valence-corrected chi connectivity index (χ0v) is 13.4. The highest BCUT2D eigenvalue weighted by Crippen LogP contribution is 2.35. The lowest BCUT2D eigenvalue weighted by atomic mass is 9.90. The molecule has 1 unspecified atom stereocenters. The van der Waals surface area contributed by atoms with Gasteiger partial charge in [0.05, 0.1) is 0 Å². The van der Waals surface area contributed by atoms with Gasteiger partial charge in [-0.25, -0.2) is 0 Å². The Hall–Kier alpha value is -0.620. The van der Waals surface area contributed by atoms with Crippen LogP contribution in [0.25, 0.3) is 0 Å². The Morgan fingerprint density at radius 2 is 2.11 bits per heavy atom. The monoisotopic (exact) mass is 373 g/mol. The molecule has 0 aromatic heterocycles. The molecule has 19 heavy (non-hydrogen) atoms. The van der Waals surface area contributed by atoms with Crippen LogP contribution in [0, 0.1) is 3.57 Å². The first-order valence-corrected chi connectivity index (χ1v) is 7.89. The fraction of sp³-hybridized carbons (Fsp3) is 0.533. The summed E-state index contributed by atoms with van der Waals surface area (Å²) in [4.78, 5) is 13.9. The second-order valence-electron chi connectivity index (χ2n) is 5.24. The molecule has 104 valence electrons. The molecule has 1 aromatic carbocycles. The van der Waals surface area contributed by atoms with Crippen molar-refractivity contribution in [2.45, 2.75) is 44.7 Å². The molecule has 1 aliphatic heterocycles. The highest BCUT2D eigenvalue weighted by molar-refractivity contribution is 14.1. The predicted octanol–water partition coefficient (Wildman–Crippen LogP) is 3.51. The van der Waals surface area contributed by atoms with Crippen LogP contribution in [0.3, 0.4) is 0 Å². The van der Waals surface area contributed by atoms with E-state index in [1.165, 1.54) is 9.13 Å². The van der Waals surface area contributed by atoms with Crippen molar-refractivity contribution in [1.29, 1.82) is 0 Å². The lowest BCUT2D eigenvalue weighted by Gasteiger charge is -2.34. The SMILES string of the molecule is CCCC1(C(=O)O)CCCN1Cc1ccc(I)cc1. The van der Waals surface area contributed by atoms with Crippen LogP contribution in [-0.4, -0.2) is 28.1 Å². The summed E-state index contributed by atoms with van der Waals surface area (Å²) < 4.78 is 1.21. The van der Waals surface area contributed by atoms with Crippen LogP contribution in [-0.2, 0) is 11.3 Å². The van der Waals surface area contributed by atoms with E-state index in [2.05, 4.69) is 58.7 Å². The van der Waals surface area contributed by atoms with E-state index in [0.717, 1.165) is 38.8 Å². The molecule has 1 atom stereocenters. The number of nitrogens with zero attached hydrogens (tertiary/aromatic N) is 1. The van der Waals surface area contributed by atoms with Crippen molar-refractivity contribution in [2.24, 2.45) is 0 Å². The fourth-order valence-electron chi connectivity index (χ4n) is 3.02. The molecule has 1 N–H and O–H groups in total. The minimum absolute atomic E-state index is 0.641. The van der Waals surface area contributed by atoms with Crippen molar-refractivity contribution in [3.05, 3.63) is 33.4 Å². The van der Waals surface area contributed by atoms with Crippen LogP contribution in [0.1, 0.15) is 38.2 Å². The summed E-state index contributed by atoms with van der Waals surface area (Å²) in [6.07, 6.45) is 3.42. The number of halogens is 1. The highest BCUT2D eigenvalue weighted by atomic mass is 127. The van der Waals surface area contributed by atoms with Gasteiger partial charge < -0.3 is 5.11 Å². The third kappa shape index (κ3) is 3.11. The Morgan fingerprint density at radius 1 is 1.42 bits per heavy atom. The van der Waals surface area contributed by atoms with Crippen molar-refractivity contribution < 1.29 is 9.90 Å². The van der Waals surface area contributed by atoms with Gasteiger partial charge in [0.25, 0.3) is 0 Å². The standard InChI is InChI=1S/C15H20INO2/c1-2-8-15(14(18)19)9-3-10-17(15)11-12-4-6-13(16)7-5-12/h4-7H,2-3,8-11H2,1H3,(H,18,19). The van der Waals surface area contributed by atoms with Gasteiger partial charge in [-0.1, -0.05) is 25.5 Å². The number of benzene rings is 1. The van der Waals surface area contributed by atoms with E-state index in [9.17, 15) is 9.90 Å². The smallest absolute Gasteiger partial charge is 0.324 e. The van der Waals surface area contributed by atoms with Crippen molar-refractivity contribution in [1.82, 2.24) is 4.90 Å². The maximum Gasteiger partial charge on any atom is 0.324 e. The molecule has 1 fully saturated rings. The van der Waals surface area contributed by atoms with Crippen LogP contribution in [0.15, 0.2) is 24.3 Å². The van der Waals surface area contributed by atoms with Crippen molar-refractivity contribution >= 4 is 28.6 Å². The van der Waals surface area contributed by atoms with Gasteiger partial charge in [-0.3, -0.25) is 9.69 Å². The van der Waals surface area contributed by atoms with E-state index in [4.69, 9.17) is 0 Å². The molecule has 0 radical (unpaired) electrons. The molecule has 2 rings (SSSR count). The van der Waals surface area contributed by atoms with Crippen molar-refractivity contribution in [3.8, 4) is 0 Å². The molecule has 3 nitrogen and oxygen atoms in total. The van der Waals surface area contributed by atoms with E-state index < -0.39 is 11.5 Å². The lowest BCUT2D eigenvalue weighted by molar-refractivity contribution is -0.150. The van der Waals surface area contributed by atoms with Crippen LogP contribution >= 0.6 is 22.6 Å². The summed E-state index contributed by atoms with van der Waals surface area (Å²) in [5.41, 5.74) is 0.557. The number of hydrogen-bond donors (Lipinski definition) is 1. The second-order valence-corrected chi connectivity index (χ2v) is 6.48. The van der Waals surface area contributed by atoms with Gasteiger partial charge in [0.1, 0.15) is 5.54 Å². The van der Waals surface area contributed by atoms with Crippen LogP contribution in [0.4, 0.5) is 0 Å². The first-order valence-electron chi connectivity index (χ1n) is 6.81. The number of rotatable bonds is 5. The Labute approximate surface area is 128 Å². The normalized spacial score (nSPS) is 23.7. The quantitative estimate of drug-likeness (QED) is 0.804. The molecule has 1 heterocycles. The molecule has 0 amide bonds. The topological polar surface area (TPSA) is 40.5 Å². The minimum Gasteiger partial charge on any atom is -0.480 e. The van der Waals surface area contributed by atoms with Crippen LogP contribution in [0.5, 0.6) is 0 Å². The largest absolute Gasteiger partial charge is 0.480 e. The molecule has 4 heteroatoms. The average molecular weight is 373 g/mol. The fourth-order valence-corrected chi connectivity index (χ4v) is 3.38. The Morgan fingerprint density at radius 3 is 2.68 bits per heavy atom. The summed E-state index contributed by atoms with van der Waals surface area (Å²) >= 11 is 2.28. The third-order valence-corrected chi connectivity index (χ3v) is 4.69. The summed E-state index contributed by atoms with van der Waals surface area (Å²) in [5, 5.41) is 9.64. The zero-order valence-electron chi connectivity index (χ0n) is 11.2. The van der Waals surface area contributed by atoms with Gasteiger partial charge in [0.15, 0.2) is 0 Å². The average Bonchev–Trinajstić information content (AvgIpc) is 2.77. The molecule has 0 saturated carbocycles. The van der Waals surface area contributed by atoms with Crippen molar-refractivity contribution in [3.63, 3.8) is 0 Å². The lowest BCUT2D eigenvalue weighted by Crippen LogP contribution is -2.49. The number of hydrogen-bond acceptors (Lipinski definition) is 2. The summed E-state index contributed by atoms with van der Waals surface area (Å²) in [7, 11) is 0. The molecular formula is C15H20INO2. The first kappa shape index (κ1) is 14.8. The maximum atomic E-state index is 11.7. The number of carboxylic acids is 1. The highest BCUT2D eigenvalue weighted by Gasteiger charge is 2.46. The van der Waals surface area contributed by atoms with Gasteiger partial charge >= 0.3 is 5.97 Å². The van der Waals surface area contributed by atoms with E-state index >= 15 is 0 Å². The Balaban J connectivity index is 2.17. The number of carboxylic acid groups (broad SMARTS) is 1. The van der Waals surface area contributed by atoms with Crippen LogP contribution < -0.4 is 0 Å². The van der Waals surface area contributed by atoms with Gasteiger partial charge in [0, 0.05) is 10.1 Å². The van der Waals surface area contributed by atoms with Gasteiger partial charge in [-0.15, -0.1) is 0 Å². The van der Waals surface area contributed by atoms with Gasteiger partial charge in [-0.2, -0.15) is 0 Å². The zero-order chi connectivity index (χ0) is 13.9. The summed E-state index contributed by atoms with van der Waals surface area (Å²) in [5.74, 6) is -0.655. The van der Waals surface area contributed by atoms with E-state index in [0.29, 0.717) is 0 Å².